The maximum atomic E-state index is 12.3. The number of rotatable bonds is 11. The third kappa shape index (κ3) is 6.48. The van der Waals surface area contributed by atoms with Crippen LogP contribution >= 0.6 is 15.9 Å². The molecule has 2 rings (SSSR count). The Bertz CT molecular complexity index is 595. The molecule has 2 aromatic rings. The number of benzene rings is 2. The smallest absolute Gasteiger partial charge is 0.193 e. The fraction of sp³-hybridized carbons (Fsp3) is 0.381. The average molecular weight is 388 g/mol. The van der Waals surface area contributed by atoms with Crippen molar-refractivity contribution in [2.75, 3.05) is 17.2 Å². The minimum Gasteiger partial charge on any atom is -0.385 e. The highest BCUT2D eigenvalue weighted by Crippen LogP contribution is 2.14. The lowest BCUT2D eigenvalue weighted by Gasteiger charge is -2.07. The van der Waals surface area contributed by atoms with Crippen LogP contribution in [0, 0.1) is 0 Å². The van der Waals surface area contributed by atoms with Gasteiger partial charge in [0.05, 0.1) is 0 Å². The van der Waals surface area contributed by atoms with Gasteiger partial charge in [-0.2, -0.15) is 0 Å². The maximum absolute atomic E-state index is 12.3. The molecule has 0 radical (unpaired) electrons. The number of carbonyl (C=O) groups excluding carboxylic acids is 1. The highest BCUT2D eigenvalue weighted by atomic mass is 79.9. The molecule has 0 saturated carbocycles. The molecule has 0 aliphatic heterocycles. The van der Waals surface area contributed by atoms with Crippen molar-refractivity contribution in [2.24, 2.45) is 0 Å². The third-order valence-corrected chi connectivity index (χ3v) is 4.63. The molecule has 24 heavy (non-hydrogen) atoms. The van der Waals surface area contributed by atoms with E-state index in [1.165, 1.54) is 38.5 Å². The summed E-state index contributed by atoms with van der Waals surface area (Å²) in [4.78, 5) is 12.3. The lowest BCUT2D eigenvalue weighted by Crippen LogP contribution is -2.03. The molecular weight excluding hydrogens is 362 g/mol. The van der Waals surface area contributed by atoms with Crippen molar-refractivity contribution in [1.29, 1.82) is 0 Å². The van der Waals surface area contributed by atoms with E-state index in [4.69, 9.17) is 0 Å². The topological polar surface area (TPSA) is 29.1 Å². The second-order valence-electron chi connectivity index (χ2n) is 6.01. The lowest BCUT2D eigenvalue weighted by molar-refractivity contribution is 0.103. The van der Waals surface area contributed by atoms with Crippen molar-refractivity contribution >= 4 is 27.4 Å². The molecule has 0 fully saturated rings. The van der Waals surface area contributed by atoms with Crippen LogP contribution in [0.5, 0.6) is 0 Å². The summed E-state index contributed by atoms with van der Waals surface area (Å²) in [6, 6.07) is 17.2. The average Bonchev–Trinajstić information content (AvgIpc) is 2.64. The van der Waals surface area contributed by atoms with Crippen molar-refractivity contribution in [1.82, 2.24) is 0 Å². The van der Waals surface area contributed by atoms with Crippen LogP contribution in [0.1, 0.15) is 54.4 Å². The van der Waals surface area contributed by atoms with Gasteiger partial charge in [0.15, 0.2) is 5.78 Å². The molecule has 0 atom stereocenters. The van der Waals surface area contributed by atoms with E-state index >= 15 is 0 Å². The molecule has 0 amide bonds. The van der Waals surface area contributed by atoms with Gasteiger partial charge in [0.1, 0.15) is 0 Å². The van der Waals surface area contributed by atoms with Crippen LogP contribution in [0.25, 0.3) is 0 Å². The van der Waals surface area contributed by atoms with Crippen LogP contribution in [-0.4, -0.2) is 17.7 Å². The minimum absolute atomic E-state index is 0.0747. The SMILES string of the molecule is O=C(c1ccccc1)c1ccc(NCCCCCCCCBr)cc1. The molecule has 0 bridgehead atoms. The first kappa shape index (κ1) is 18.7. The van der Waals surface area contributed by atoms with E-state index < -0.39 is 0 Å². The fourth-order valence-corrected chi connectivity index (χ4v) is 3.05. The number of hydrogen-bond acceptors (Lipinski definition) is 2. The monoisotopic (exact) mass is 387 g/mol. The lowest BCUT2D eigenvalue weighted by atomic mass is 10.0. The van der Waals surface area contributed by atoms with Crippen LogP contribution in [0.4, 0.5) is 5.69 Å². The Morgan fingerprint density at radius 1 is 0.750 bits per heavy atom. The summed E-state index contributed by atoms with van der Waals surface area (Å²) in [7, 11) is 0. The van der Waals surface area contributed by atoms with Gasteiger partial charge in [-0.05, 0) is 37.1 Å². The molecule has 1 N–H and O–H groups in total. The molecular formula is C21H26BrNO. The molecule has 0 saturated heterocycles. The van der Waals surface area contributed by atoms with E-state index in [2.05, 4.69) is 21.2 Å². The molecule has 0 heterocycles. The van der Waals surface area contributed by atoms with Crippen molar-refractivity contribution in [2.45, 2.75) is 38.5 Å². The van der Waals surface area contributed by atoms with Crippen LogP contribution in [0.2, 0.25) is 0 Å². The Morgan fingerprint density at radius 3 is 2.00 bits per heavy atom. The zero-order valence-electron chi connectivity index (χ0n) is 14.1. The van der Waals surface area contributed by atoms with E-state index in [1.54, 1.807) is 0 Å². The molecule has 0 aliphatic rings. The van der Waals surface area contributed by atoms with E-state index in [9.17, 15) is 4.79 Å². The fourth-order valence-electron chi connectivity index (χ4n) is 2.65. The molecule has 3 heteroatoms. The first-order valence-electron chi connectivity index (χ1n) is 8.81. The first-order chi connectivity index (χ1) is 11.8. The summed E-state index contributed by atoms with van der Waals surface area (Å²) in [5.74, 6) is 0.0747. The molecule has 0 spiro atoms. The van der Waals surface area contributed by atoms with Gasteiger partial charge in [0.2, 0.25) is 0 Å². The molecule has 0 unspecified atom stereocenters. The van der Waals surface area contributed by atoms with Gasteiger partial charge in [-0.25, -0.2) is 0 Å². The van der Waals surface area contributed by atoms with E-state index in [1.807, 2.05) is 54.6 Å². The Balaban J connectivity index is 1.70. The largest absolute Gasteiger partial charge is 0.385 e. The van der Waals surface area contributed by atoms with E-state index in [0.717, 1.165) is 28.7 Å². The van der Waals surface area contributed by atoms with E-state index in [0.29, 0.717) is 0 Å². The van der Waals surface area contributed by atoms with Crippen molar-refractivity contribution < 1.29 is 4.79 Å². The summed E-state index contributed by atoms with van der Waals surface area (Å²) in [6.07, 6.45) is 7.74. The van der Waals surface area contributed by atoms with Gasteiger partial charge in [-0.15, -0.1) is 0 Å². The van der Waals surface area contributed by atoms with Gasteiger partial charge in [0.25, 0.3) is 0 Å². The van der Waals surface area contributed by atoms with Crippen LogP contribution in [-0.2, 0) is 0 Å². The predicted molar refractivity (Wildman–Crippen MR) is 106 cm³/mol. The number of alkyl halides is 1. The van der Waals surface area contributed by atoms with Gasteiger partial charge in [-0.3, -0.25) is 4.79 Å². The number of ketones is 1. The quantitative estimate of drug-likeness (QED) is 0.288. The summed E-state index contributed by atoms with van der Waals surface area (Å²) in [6.45, 7) is 0.990. The number of anilines is 1. The molecule has 2 aromatic carbocycles. The van der Waals surface area contributed by atoms with Crippen LogP contribution in [0.3, 0.4) is 0 Å². The van der Waals surface area contributed by atoms with Crippen molar-refractivity contribution in [3.63, 3.8) is 0 Å². The summed E-state index contributed by atoms with van der Waals surface area (Å²) in [5, 5.41) is 4.56. The predicted octanol–water partition coefficient (Wildman–Crippen LogP) is 6.07. The molecule has 128 valence electrons. The maximum Gasteiger partial charge on any atom is 0.193 e. The Kier molecular flexibility index (Phi) is 8.61. The third-order valence-electron chi connectivity index (χ3n) is 4.07. The second kappa shape index (κ2) is 11.0. The zero-order chi connectivity index (χ0) is 17.0. The second-order valence-corrected chi connectivity index (χ2v) is 6.80. The minimum atomic E-state index is 0.0747. The van der Waals surface area contributed by atoms with Crippen molar-refractivity contribution in [3.05, 3.63) is 65.7 Å². The number of carbonyl (C=O) groups is 1. The Labute approximate surface area is 153 Å². The molecule has 2 nitrogen and oxygen atoms in total. The number of nitrogens with one attached hydrogen (secondary N) is 1. The number of unbranched alkanes of at least 4 members (excludes halogenated alkanes) is 5. The molecule has 0 aliphatic carbocycles. The highest BCUT2D eigenvalue weighted by Gasteiger charge is 2.07. The van der Waals surface area contributed by atoms with Gasteiger partial charge >= 0.3 is 0 Å². The Hall–Kier alpha value is -1.61. The number of hydrogen-bond donors (Lipinski definition) is 1. The Morgan fingerprint density at radius 2 is 1.33 bits per heavy atom. The summed E-state index contributed by atoms with van der Waals surface area (Å²) >= 11 is 3.47. The van der Waals surface area contributed by atoms with E-state index in [-0.39, 0.29) is 5.78 Å². The standard InChI is InChI=1S/C21H26BrNO/c22-16-8-3-1-2-4-9-17-23-20-14-12-19(13-15-20)21(24)18-10-6-5-7-11-18/h5-7,10-15,23H,1-4,8-9,16-17H2. The summed E-state index contributed by atoms with van der Waals surface area (Å²) < 4.78 is 0. The van der Waals surface area contributed by atoms with Gasteiger partial charge < -0.3 is 5.32 Å². The number of halogens is 1. The molecule has 0 aromatic heterocycles. The van der Waals surface area contributed by atoms with Crippen LogP contribution < -0.4 is 5.32 Å². The zero-order valence-corrected chi connectivity index (χ0v) is 15.7. The van der Waals surface area contributed by atoms with Crippen LogP contribution in [0.15, 0.2) is 54.6 Å². The van der Waals surface area contributed by atoms with Gasteiger partial charge in [0, 0.05) is 28.7 Å². The van der Waals surface area contributed by atoms with Crippen molar-refractivity contribution in [3.8, 4) is 0 Å². The first-order valence-corrected chi connectivity index (χ1v) is 9.93. The highest BCUT2D eigenvalue weighted by molar-refractivity contribution is 9.09. The normalized spacial score (nSPS) is 10.5. The van der Waals surface area contributed by atoms with Gasteiger partial charge in [-0.1, -0.05) is 71.9 Å². The summed E-state index contributed by atoms with van der Waals surface area (Å²) in [5.41, 5.74) is 2.55.